The van der Waals surface area contributed by atoms with Gasteiger partial charge in [0.1, 0.15) is 0 Å². The Morgan fingerprint density at radius 1 is 1.47 bits per heavy atom. The number of hydrogen-bond donors (Lipinski definition) is 3. The van der Waals surface area contributed by atoms with Crippen molar-refractivity contribution in [2.45, 2.75) is 31.5 Å². The highest BCUT2D eigenvalue weighted by molar-refractivity contribution is 5.31. The molecule has 0 aliphatic carbocycles. The minimum atomic E-state index is 0.188. The maximum atomic E-state index is 9.14. The summed E-state index contributed by atoms with van der Waals surface area (Å²) >= 11 is 0. The number of hydrogen-bond acceptors (Lipinski definition) is 4. The molecule has 0 spiro atoms. The zero-order chi connectivity index (χ0) is 13.5. The number of nitrogens with one attached hydrogen (secondary N) is 2. The third-order valence-electron chi connectivity index (χ3n) is 3.64. The van der Waals surface area contributed by atoms with E-state index in [0.717, 1.165) is 25.9 Å². The van der Waals surface area contributed by atoms with Crippen molar-refractivity contribution in [3.63, 3.8) is 0 Å². The fraction of sp³-hybridized carbons (Fsp3) is 0.600. The van der Waals surface area contributed by atoms with Crippen molar-refractivity contribution in [3.8, 4) is 0 Å². The van der Waals surface area contributed by atoms with Crippen LogP contribution in [0.5, 0.6) is 0 Å². The second-order valence-electron chi connectivity index (χ2n) is 5.05. The standard InChI is InChI=1S/C15H24N2O2/c1-19-11-13(7-9-18)17-15-6-8-16-10-12-4-2-3-5-14(12)15/h2-5,13,15-18H,6-11H2,1H3. The van der Waals surface area contributed by atoms with Crippen molar-refractivity contribution in [1.82, 2.24) is 10.6 Å². The normalized spacial score (nSPS) is 20.6. The number of ether oxygens (including phenoxy) is 1. The van der Waals surface area contributed by atoms with Gasteiger partial charge in [-0.2, -0.15) is 0 Å². The largest absolute Gasteiger partial charge is 0.396 e. The molecule has 1 aromatic carbocycles. The number of rotatable bonds is 6. The van der Waals surface area contributed by atoms with Gasteiger partial charge in [0.05, 0.1) is 6.61 Å². The molecule has 0 bridgehead atoms. The van der Waals surface area contributed by atoms with E-state index in [2.05, 4.69) is 34.9 Å². The summed E-state index contributed by atoms with van der Waals surface area (Å²) in [5, 5.41) is 16.2. The monoisotopic (exact) mass is 264 g/mol. The lowest BCUT2D eigenvalue weighted by molar-refractivity contribution is 0.141. The Morgan fingerprint density at radius 2 is 2.32 bits per heavy atom. The summed E-state index contributed by atoms with van der Waals surface area (Å²) in [6.07, 6.45) is 1.78. The van der Waals surface area contributed by atoms with Gasteiger partial charge >= 0.3 is 0 Å². The maximum absolute atomic E-state index is 9.14. The van der Waals surface area contributed by atoms with Crippen LogP contribution in [0, 0.1) is 0 Å². The fourth-order valence-corrected chi connectivity index (χ4v) is 2.69. The summed E-state index contributed by atoms with van der Waals surface area (Å²) in [4.78, 5) is 0. The van der Waals surface area contributed by atoms with Crippen LogP contribution in [0.4, 0.5) is 0 Å². The lowest BCUT2D eigenvalue weighted by Crippen LogP contribution is -2.37. The van der Waals surface area contributed by atoms with Gasteiger partial charge in [-0.3, -0.25) is 0 Å². The first-order valence-corrected chi connectivity index (χ1v) is 6.99. The summed E-state index contributed by atoms with van der Waals surface area (Å²) in [6.45, 7) is 2.76. The molecule has 1 aliphatic rings. The van der Waals surface area contributed by atoms with E-state index >= 15 is 0 Å². The Hall–Kier alpha value is -0.940. The predicted octanol–water partition coefficient (Wildman–Crippen LogP) is 1.21. The maximum Gasteiger partial charge on any atom is 0.0616 e. The van der Waals surface area contributed by atoms with Gasteiger partial charge in [-0.05, 0) is 30.5 Å². The Labute approximate surface area is 115 Å². The lowest BCUT2D eigenvalue weighted by atomic mass is 9.98. The lowest BCUT2D eigenvalue weighted by Gasteiger charge is -2.25. The highest BCUT2D eigenvalue weighted by Crippen LogP contribution is 2.24. The van der Waals surface area contributed by atoms with E-state index in [1.54, 1.807) is 7.11 Å². The van der Waals surface area contributed by atoms with E-state index in [9.17, 15) is 0 Å². The van der Waals surface area contributed by atoms with E-state index in [4.69, 9.17) is 9.84 Å². The van der Waals surface area contributed by atoms with Crippen LogP contribution >= 0.6 is 0 Å². The molecule has 2 atom stereocenters. The Balaban J connectivity index is 2.10. The molecule has 1 aliphatic heterocycles. The van der Waals surface area contributed by atoms with E-state index < -0.39 is 0 Å². The number of benzene rings is 1. The van der Waals surface area contributed by atoms with Crippen LogP contribution in [-0.2, 0) is 11.3 Å². The fourth-order valence-electron chi connectivity index (χ4n) is 2.69. The molecule has 3 N–H and O–H groups in total. The van der Waals surface area contributed by atoms with Crippen LogP contribution in [-0.4, -0.2) is 38.0 Å². The molecule has 19 heavy (non-hydrogen) atoms. The minimum Gasteiger partial charge on any atom is -0.396 e. The molecule has 4 nitrogen and oxygen atoms in total. The molecule has 0 aromatic heterocycles. The summed E-state index contributed by atoms with van der Waals surface area (Å²) in [6, 6.07) is 9.09. The van der Waals surface area contributed by atoms with Crippen LogP contribution in [0.1, 0.15) is 30.0 Å². The van der Waals surface area contributed by atoms with Gasteiger partial charge in [0.2, 0.25) is 0 Å². The van der Waals surface area contributed by atoms with Crippen LogP contribution in [0.2, 0.25) is 0 Å². The average Bonchev–Trinajstić information content (AvgIpc) is 2.62. The molecule has 0 radical (unpaired) electrons. The van der Waals surface area contributed by atoms with E-state index in [1.807, 2.05) is 0 Å². The van der Waals surface area contributed by atoms with Gasteiger partial charge in [0.25, 0.3) is 0 Å². The Morgan fingerprint density at radius 3 is 3.11 bits per heavy atom. The third kappa shape index (κ3) is 4.01. The van der Waals surface area contributed by atoms with Crippen molar-refractivity contribution < 1.29 is 9.84 Å². The third-order valence-corrected chi connectivity index (χ3v) is 3.64. The zero-order valence-corrected chi connectivity index (χ0v) is 11.6. The molecular weight excluding hydrogens is 240 g/mol. The van der Waals surface area contributed by atoms with E-state index in [-0.39, 0.29) is 12.6 Å². The first-order chi connectivity index (χ1) is 9.35. The second kappa shape index (κ2) is 7.60. The molecule has 0 amide bonds. The molecule has 0 fully saturated rings. The van der Waals surface area contributed by atoms with Crippen LogP contribution in [0.25, 0.3) is 0 Å². The number of aliphatic hydroxyl groups excluding tert-OH is 1. The van der Waals surface area contributed by atoms with Crippen LogP contribution < -0.4 is 10.6 Å². The molecule has 1 aromatic rings. The molecule has 4 heteroatoms. The van der Waals surface area contributed by atoms with Crippen molar-refractivity contribution in [2.24, 2.45) is 0 Å². The summed E-state index contributed by atoms with van der Waals surface area (Å²) < 4.78 is 5.23. The van der Waals surface area contributed by atoms with Gasteiger partial charge in [0, 0.05) is 32.3 Å². The summed E-state index contributed by atoms with van der Waals surface area (Å²) in [5.41, 5.74) is 2.73. The van der Waals surface area contributed by atoms with Gasteiger partial charge in [-0.15, -0.1) is 0 Å². The molecule has 1 heterocycles. The van der Waals surface area contributed by atoms with Gasteiger partial charge in [-0.1, -0.05) is 24.3 Å². The van der Waals surface area contributed by atoms with Crippen LogP contribution in [0.3, 0.4) is 0 Å². The molecular formula is C15H24N2O2. The van der Waals surface area contributed by atoms with Crippen LogP contribution in [0.15, 0.2) is 24.3 Å². The topological polar surface area (TPSA) is 53.5 Å². The van der Waals surface area contributed by atoms with E-state index in [1.165, 1.54) is 11.1 Å². The van der Waals surface area contributed by atoms with Gasteiger partial charge in [0.15, 0.2) is 0 Å². The summed E-state index contributed by atoms with van der Waals surface area (Å²) in [7, 11) is 1.70. The Kier molecular flexibility index (Phi) is 5.79. The van der Waals surface area contributed by atoms with Crippen molar-refractivity contribution in [3.05, 3.63) is 35.4 Å². The quantitative estimate of drug-likeness (QED) is 0.723. The first kappa shape index (κ1) is 14.5. The summed E-state index contributed by atoms with van der Waals surface area (Å²) in [5.74, 6) is 0. The first-order valence-electron chi connectivity index (χ1n) is 6.99. The highest BCUT2D eigenvalue weighted by atomic mass is 16.5. The second-order valence-corrected chi connectivity index (χ2v) is 5.05. The number of methoxy groups -OCH3 is 1. The average molecular weight is 264 g/mol. The number of aliphatic hydroxyl groups is 1. The SMILES string of the molecule is COCC(CCO)NC1CCNCc2ccccc21. The number of fused-ring (bicyclic) bond motifs is 1. The predicted molar refractivity (Wildman–Crippen MR) is 76.0 cm³/mol. The van der Waals surface area contributed by atoms with Gasteiger partial charge in [-0.25, -0.2) is 0 Å². The molecule has 2 rings (SSSR count). The highest BCUT2D eigenvalue weighted by Gasteiger charge is 2.20. The Bertz CT molecular complexity index is 378. The van der Waals surface area contributed by atoms with Crippen molar-refractivity contribution in [1.29, 1.82) is 0 Å². The molecule has 0 saturated heterocycles. The van der Waals surface area contributed by atoms with Gasteiger partial charge < -0.3 is 20.5 Å². The van der Waals surface area contributed by atoms with E-state index in [0.29, 0.717) is 12.6 Å². The molecule has 106 valence electrons. The van der Waals surface area contributed by atoms with Crippen molar-refractivity contribution in [2.75, 3.05) is 26.9 Å². The molecule has 2 unspecified atom stereocenters. The minimum absolute atomic E-state index is 0.188. The van der Waals surface area contributed by atoms with Crippen molar-refractivity contribution >= 4 is 0 Å². The molecule has 0 saturated carbocycles. The zero-order valence-electron chi connectivity index (χ0n) is 11.6. The smallest absolute Gasteiger partial charge is 0.0616 e.